The normalized spacial score (nSPS) is 10.0. The number of azide groups is 1. The molecule has 0 N–H and O–H groups in total. The van der Waals surface area contributed by atoms with Gasteiger partial charge in [0.15, 0.2) is 11.6 Å². The third kappa shape index (κ3) is 2.45. The van der Waals surface area contributed by atoms with Gasteiger partial charge in [-0.05, 0) is 11.1 Å². The highest BCUT2D eigenvalue weighted by Crippen LogP contribution is 2.37. The Morgan fingerprint density at radius 2 is 1.73 bits per heavy atom. The molecule has 0 saturated carbocycles. The van der Waals surface area contributed by atoms with E-state index in [1.165, 1.54) is 24.3 Å². The Labute approximate surface area is 120 Å². The molecule has 0 heterocycles. The lowest BCUT2D eigenvalue weighted by molar-refractivity contribution is -0.0791. The predicted octanol–water partition coefficient (Wildman–Crippen LogP) is 4.75. The summed E-state index contributed by atoms with van der Waals surface area (Å²) in [5, 5.41) is 2.72. The van der Waals surface area contributed by atoms with Crippen LogP contribution in [0, 0.1) is 17.5 Å². The molecule has 5 nitrogen and oxygen atoms in total. The van der Waals surface area contributed by atoms with Gasteiger partial charge >= 0.3 is 5.97 Å². The highest BCUT2D eigenvalue weighted by atomic mass is 19.3. The zero-order chi connectivity index (χ0) is 16.3. The minimum absolute atomic E-state index is 0.0614. The zero-order valence-electron chi connectivity index (χ0n) is 10.6. The minimum Gasteiger partial charge on any atom is -0.249 e. The van der Waals surface area contributed by atoms with Crippen LogP contribution in [0.3, 0.4) is 0 Å². The summed E-state index contributed by atoms with van der Waals surface area (Å²) < 4.78 is 54.1. The van der Waals surface area contributed by atoms with Crippen molar-refractivity contribution in [1.29, 1.82) is 0 Å². The van der Waals surface area contributed by atoms with Crippen molar-refractivity contribution >= 4 is 11.7 Å². The third-order valence-electron chi connectivity index (χ3n) is 2.78. The van der Waals surface area contributed by atoms with E-state index in [0.29, 0.717) is 0 Å². The first-order chi connectivity index (χ1) is 10.5. The van der Waals surface area contributed by atoms with Gasteiger partial charge in [-0.15, -0.1) is 0 Å². The standard InChI is InChI=1S/C13H5F4N3O2/c14-9-8(13(21)22-17)7(6-4-2-1-3-5-6)10(15)12(11(9)16)19-20-18/h1-5H. The van der Waals surface area contributed by atoms with Crippen molar-refractivity contribution in [3.63, 3.8) is 0 Å². The molecule has 2 aromatic carbocycles. The molecule has 0 aliphatic heterocycles. The SMILES string of the molecule is [N-]=[N+]=Nc1c(F)c(F)c(C(=O)OF)c(-c2ccccc2)c1F. The maximum atomic E-state index is 14.3. The molecule has 0 aliphatic rings. The van der Waals surface area contributed by atoms with E-state index < -0.39 is 40.2 Å². The van der Waals surface area contributed by atoms with Gasteiger partial charge in [0.2, 0.25) is 0 Å². The number of hydrogen-bond donors (Lipinski definition) is 0. The molecule has 0 fully saturated rings. The number of carbonyl (C=O) groups excluding carboxylic acids is 1. The van der Waals surface area contributed by atoms with Crippen LogP contribution < -0.4 is 0 Å². The third-order valence-corrected chi connectivity index (χ3v) is 2.78. The molecule has 2 rings (SSSR count). The molecule has 22 heavy (non-hydrogen) atoms. The summed E-state index contributed by atoms with van der Waals surface area (Å²) in [5.41, 5.74) is 4.92. The minimum atomic E-state index is -1.92. The molecule has 2 aromatic rings. The van der Waals surface area contributed by atoms with E-state index in [0.717, 1.165) is 0 Å². The number of rotatable bonds is 3. The van der Waals surface area contributed by atoms with E-state index in [4.69, 9.17) is 5.53 Å². The summed E-state index contributed by atoms with van der Waals surface area (Å²) in [6, 6.07) is 6.93. The van der Waals surface area contributed by atoms with Gasteiger partial charge in [-0.2, -0.15) is 0 Å². The summed E-state index contributed by atoms with van der Waals surface area (Å²) in [4.78, 5) is 16.4. The van der Waals surface area contributed by atoms with Crippen LogP contribution in [0.15, 0.2) is 35.4 Å². The van der Waals surface area contributed by atoms with E-state index in [1.54, 1.807) is 6.07 Å². The average molecular weight is 311 g/mol. The molecule has 112 valence electrons. The van der Waals surface area contributed by atoms with Gasteiger partial charge in [0.25, 0.3) is 0 Å². The Balaban J connectivity index is 2.95. The van der Waals surface area contributed by atoms with E-state index in [9.17, 15) is 22.5 Å². The molecule has 0 unspecified atom stereocenters. The lowest BCUT2D eigenvalue weighted by atomic mass is 9.97. The first-order valence-electron chi connectivity index (χ1n) is 5.66. The molecular formula is C13H5F4N3O2. The highest BCUT2D eigenvalue weighted by Gasteiger charge is 2.30. The second kappa shape index (κ2) is 6.15. The number of hydrogen-bond acceptors (Lipinski definition) is 3. The van der Waals surface area contributed by atoms with Gasteiger partial charge in [-0.1, -0.05) is 35.4 Å². The monoisotopic (exact) mass is 311 g/mol. The molecule has 0 saturated heterocycles. The lowest BCUT2D eigenvalue weighted by Crippen LogP contribution is -2.10. The van der Waals surface area contributed by atoms with Gasteiger partial charge < -0.3 is 0 Å². The Hall–Kier alpha value is -3.06. The van der Waals surface area contributed by atoms with Gasteiger partial charge in [-0.25, -0.2) is 22.9 Å². The van der Waals surface area contributed by atoms with E-state index >= 15 is 0 Å². The van der Waals surface area contributed by atoms with Crippen molar-refractivity contribution < 1.29 is 27.4 Å². The fraction of sp³-hybridized carbons (Fsp3) is 0. The molecule has 0 atom stereocenters. The molecular weight excluding hydrogens is 306 g/mol. The van der Waals surface area contributed by atoms with Crippen molar-refractivity contribution in [3.05, 3.63) is 63.8 Å². The molecule has 9 heteroatoms. The van der Waals surface area contributed by atoms with E-state index in [2.05, 4.69) is 15.0 Å². The number of benzene rings is 2. The summed E-state index contributed by atoms with van der Waals surface area (Å²) >= 11 is 0. The van der Waals surface area contributed by atoms with Crippen LogP contribution in [0.4, 0.5) is 23.4 Å². The van der Waals surface area contributed by atoms with Crippen LogP contribution in [-0.4, -0.2) is 5.97 Å². The fourth-order valence-corrected chi connectivity index (χ4v) is 1.89. The average Bonchev–Trinajstić information content (AvgIpc) is 2.54. The molecule has 0 spiro atoms. The largest absolute Gasteiger partial charge is 0.383 e. The van der Waals surface area contributed by atoms with Crippen molar-refractivity contribution in [2.24, 2.45) is 5.11 Å². The van der Waals surface area contributed by atoms with Gasteiger partial charge in [0.1, 0.15) is 17.1 Å². The second-order valence-corrected chi connectivity index (χ2v) is 3.96. The summed E-state index contributed by atoms with van der Waals surface area (Å²) in [6.45, 7) is 0. The number of nitrogens with zero attached hydrogens (tertiary/aromatic N) is 3. The van der Waals surface area contributed by atoms with Crippen molar-refractivity contribution in [1.82, 2.24) is 0 Å². The summed E-state index contributed by atoms with van der Waals surface area (Å²) in [6.07, 6.45) is 0. The highest BCUT2D eigenvalue weighted by molar-refractivity contribution is 5.98. The molecule has 0 aromatic heterocycles. The van der Waals surface area contributed by atoms with Crippen molar-refractivity contribution in [2.75, 3.05) is 0 Å². The van der Waals surface area contributed by atoms with E-state index in [1.807, 2.05) is 0 Å². The molecule has 0 amide bonds. The van der Waals surface area contributed by atoms with Crippen LogP contribution in [0.5, 0.6) is 0 Å². The summed E-state index contributed by atoms with van der Waals surface area (Å²) in [7, 11) is 0. The molecule has 0 aliphatic carbocycles. The zero-order valence-corrected chi connectivity index (χ0v) is 10.6. The number of halogens is 4. The molecule has 0 radical (unpaired) electrons. The Kier molecular flexibility index (Phi) is 4.28. The van der Waals surface area contributed by atoms with Gasteiger partial charge in [0, 0.05) is 15.0 Å². The van der Waals surface area contributed by atoms with Crippen molar-refractivity contribution in [2.45, 2.75) is 0 Å². The Morgan fingerprint density at radius 1 is 1.09 bits per heavy atom. The lowest BCUT2D eigenvalue weighted by Gasteiger charge is -2.12. The van der Waals surface area contributed by atoms with E-state index in [-0.39, 0.29) is 5.56 Å². The van der Waals surface area contributed by atoms with Crippen LogP contribution in [0.2, 0.25) is 0 Å². The van der Waals surface area contributed by atoms with Crippen molar-refractivity contribution in [3.8, 4) is 11.1 Å². The van der Waals surface area contributed by atoms with Crippen LogP contribution in [0.25, 0.3) is 21.6 Å². The first-order valence-corrected chi connectivity index (χ1v) is 5.66. The summed E-state index contributed by atoms with van der Waals surface area (Å²) in [5.74, 6) is -7.23. The molecule has 0 bridgehead atoms. The van der Waals surface area contributed by atoms with Gasteiger partial charge in [0.05, 0.1) is 0 Å². The number of carbonyl (C=O) groups is 1. The van der Waals surface area contributed by atoms with Crippen LogP contribution >= 0.6 is 0 Å². The Morgan fingerprint density at radius 3 is 2.27 bits per heavy atom. The Bertz CT molecular complexity index is 790. The quantitative estimate of drug-likeness (QED) is 0.269. The fourth-order valence-electron chi connectivity index (χ4n) is 1.89. The maximum absolute atomic E-state index is 14.3. The maximum Gasteiger partial charge on any atom is 0.383 e. The first kappa shape index (κ1) is 15.3. The second-order valence-electron chi connectivity index (χ2n) is 3.96. The predicted molar refractivity (Wildman–Crippen MR) is 67.1 cm³/mol. The smallest absolute Gasteiger partial charge is 0.249 e. The topological polar surface area (TPSA) is 75.1 Å². The van der Waals surface area contributed by atoms with Crippen LogP contribution in [0.1, 0.15) is 10.4 Å². The van der Waals surface area contributed by atoms with Gasteiger partial charge in [-0.3, -0.25) is 0 Å². The van der Waals surface area contributed by atoms with Crippen LogP contribution in [-0.2, 0) is 4.94 Å².